The van der Waals surface area contributed by atoms with Gasteiger partial charge in [0, 0.05) is 12.5 Å². The van der Waals surface area contributed by atoms with Crippen LogP contribution in [0.25, 0.3) is 0 Å². The van der Waals surface area contributed by atoms with E-state index >= 15 is 0 Å². The Kier molecular flexibility index (Phi) is 5.61. The molecule has 8 heteroatoms. The van der Waals surface area contributed by atoms with E-state index in [2.05, 4.69) is 5.32 Å². The monoisotopic (exact) mass is 474 g/mol. The highest BCUT2D eigenvalue weighted by atomic mass is 19.1. The second-order valence-electron chi connectivity index (χ2n) is 8.83. The van der Waals surface area contributed by atoms with Crippen LogP contribution < -0.4 is 15.0 Å². The number of imide groups is 1. The maximum absolute atomic E-state index is 13.8. The summed E-state index contributed by atoms with van der Waals surface area (Å²) in [5, 5.41) is 13.7. The molecule has 2 fully saturated rings. The number of halogens is 1. The Labute approximate surface area is 201 Å². The third-order valence-corrected chi connectivity index (χ3v) is 6.92. The number of carboxylic acids is 1. The molecule has 2 heterocycles. The van der Waals surface area contributed by atoms with Crippen LogP contribution in [0.2, 0.25) is 0 Å². The topological polar surface area (TPSA) is 95.9 Å². The van der Waals surface area contributed by atoms with E-state index < -0.39 is 47.0 Å². The van der Waals surface area contributed by atoms with Gasteiger partial charge in [0.1, 0.15) is 17.1 Å². The van der Waals surface area contributed by atoms with Crippen LogP contribution in [0.1, 0.15) is 17.2 Å². The number of carbonyl (C=O) groups is 3. The van der Waals surface area contributed by atoms with Crippen molar-refractivity contribution in [3.8, 4) is 5.75 Å². The molecule has 7 nitrogen and oxygen atoms in total. The molecule has 3 aromatic carbocycles. The van der Waals surface area contributed by atoms with Gasteiger partial charge >= 0.3 is 5.97 Å². The Morgan fingerprint density at radius 2 is 1.66 bits per heavy atom. The molecule has 0 aromatic heterocycles. The van der Waals surface area contributed by atoms with Gasteiger partial charge in [0.25, 0.3) is 0 Å². The molecule has 0 aliphatic carbocycles. The molecule has 0 bridgehead atoms. The van der Waals surface area contributed by atoms with Gasteiger partial charge in [-0.05, 0) is 47.5 Å². The van der Waals surface area contributed by atoms with Gasteiger partial charge in [0.2, 0.25) is 11.8 Å². The predicted molar refractivity (Wildman–Crippen MR) is 125 cm³/mol. The number of rotatable bonds is 6. The molecule has 2 aliphatic heterocycles. The lowest BCUT2D eigenvalue weighted by Crippen LogP contribution is -2.57. The van der Waals surface area contributed by atoms with Crippen molar-refractivity contribution in [2.45, 2.75) is 18.0 Å². The molecule has 0 radical (unpaired) electrons. The third kappa shape index (κ3) is 3.66. The van der Waals surface area contributed by atoms with Gasteiger partial charge in [-0.1, -0.05) is 42.5 Å². The Morgan fingerprint density at radius 3 is 2.26 bits per heavy atom. The number of aliphatic carboxylic acids is 1. The first kappa shape index (κ1) is 22.7. The number of ether oxygens (including phenoxy) is 1. The fourth-order valence-electron chi connectivity index (χ4n) is 5.30. The van der Waals surface area contributed by atoms with Crippen LogP contribution in [-0.2, 0) is 20.8 Å². The molecule has 0 saturated carbocycles. The highest BCUT2D eigenvalue weighted by Crippen LogP contribution is 2.51. The average Bonchev–Trinajstić information content (AvgIpc) is 3.34. The first-order valence-corrected chi connectivity index (χ1v) is 11.2. The van der Waals surface area contributed by atoms with E-state index in [9.17, 15) is 23.9 Å². The van der Waals surface area contributed by atoms with Gasteiger partial charge in [-0.2, -0.15) is 0 Å². The third-order valence-electron chi connectivity index (χ3n) is 6.92. The van der Waals surface area contributed by atoms with Gasteiger partial charge in [-0.15, -0.1) is 0 Å². The van der Waals surface area contributed by atoms with Crippen LogP contribution in [0.5, 0.6) is 5.75 Å². The molecule has 2 aliphatic rings. The van der Waals surface area contributed by atoms with Crippen molar-refractivity contribution in [1.29, 1.82) is 0 Å². The predicted octanol–water partition coefficient (Wildman–Crippen LogP) is 3.35. The number of carbonyl (C=O) groups excluding carboxylic acids is 2. The largest absolute Gasteiger partial charge is 0.497 e. The number of hydrogen-bond donors (Lipinski definition) is 2. The van der Waals surface area contributed by atoms with E-state index in [0.29, 0.717) is 11.3 Å². The van der Waals surface area contributed by atoms with E-state index in [1.807, 2.05) is 6.07 Å². The van der Waals surface area contributed by atoms with Crippen molar-refractivity contribution in [2.24, 2.45) is 11.8 Å². The lowest BCUT2D eigenvalue weighted by atomic mass is 9.76. The summed E-state index contributed by atoms with van der Waals surface area (Å²) in [6, 6.07) is 20.3. The maximum atomic E-state index is 13.8. The fourth-order valence-corrected chi connectivity index (χ4v) is 5.30. The van der Waals surface area contributed by atoms with E-state index in [1.165, 1.54) is 19.2 Å². The number of amides is 2. The summed E-state index contributed by atoms with van der Waals surface area (Å²) in [4.78, 5) is 41.3. The van der Waals surface area contributed by atoms with Crippen molar-refractivity contribution in [3.63, 3.8) is 0 Å². The van der Waals surface area contributed by atoms with Gasteiger partial charge in [-0.25, -0.2) is 9.29 Å². The molecule has 2 N–H and O–H groups in total. The Balaban J connectivity index is 1.64. The van der Waals surface area contributed by atoms with Crippen molar-refractivity contribution < 1.29 is 28.6 Å². The fraction of sp³-hybridized carbons (Fsp3) is 0.222. The minimum Gasteiger partial charge on any atom is -0.497 e. The quantitative estimate of drug-likeness (QED) is 0.532. The molecule has 3 aromatic rings. The van der Waals surface area contributed by atoms with Crippen molar-refractivity contribution >= 4 is 23.5 Å². The Morgan fingerprint density at radius 1 is 1.00 bits per heavy atom. The maximum Gasteiger partial charge on any atom is 0.325 e. The molecule has 5 rings (SSSR count). The number of methoxy groups -OCH3 is 1. The van der Waals surface area contributed by atoms with Crippen LogP contribution in [0.4, 0.5) is 10.1 Å². The molecule has 0 unspecified atom stereocenters. The Hall–Kier alpha value is -4.04. The number of nitrogens with one attached hydrogen (secondary N) is 1. The van der Waals surface area contributed by atoms with Crippen molar-refractivity contribution in [3.05, 3.63) is 95.8 Å². The average molecular weight is 474 g/mol. The summed E-state index contributed by atoms with van der Waals surface area (Å²) in [6.07, 6.45) is 0.00721. The van der Waals surface area contributed by atoms with Crippen molar-refractivity contribution in [1.82, 2.24) is 5.32 Å². The zero-order valence-electron chi connectivity index (χ0n) is 18.9. The Bertz CT molecular complexity index is 1280. The van der Waals surface area contributed by atoms with E-state index in [4.69, 9.17) is 4.74 Å². The van der Waals surface area contributed by atoms with E-state index in [0.717, 1.165) is 22.6 Å². The van der Waals surface area contributed by atoms with Gasteiger partial charge in [0.05, 0.1) is 24.6 Å². The van der Waals surface area contributed by atoms with Gasteiger partial charge in [-0.3, -0.25) is 19.7 Å². The molecule has 4 atom stereocenters. The zero-order valence-corrected chi connectivity index (χ0v) is 18.9. The number of anilines is 1. The van der Waals surface area contributed by atoms with E-state index in [-0.39, 0.29) is 12.1 Å². The second-order valence-corrected chi connectivity index (χ2v) is 8.83. The first-order valence-electron chi connectivity index (χ1n) is 11.2. The normalized spacial score (nSPS) is 25.5. The zero-order chi connectivity index (χ0) is 24.7. The van der Waals surface area contributed by atoms with Crippen LogP contribution in [0.3, 0.4) is 0 Å². The first-order chi connectivity index (χ1) is 16.9. The molecule has 2 saturated heterocycles. The van der Waals surface area contributed by atoms with Crippen LogP contribution in [0.15, 0.2) is 78.9 Å². The van der Waals surface area contributed by atoms with Gasteiger partial charge < -0.3 is 9.84 Å². The number of nitrogens with zero attached hydrogens (tertiary/aromatic N) is 1. The summed E-state index contributed by atoms with van der Waals surface area (Å²) >= 11 is 0. The molecule has 178 valence electrons. The summed E-state index contributed by atoms with van der Waals surface area (Å²) < 4.78 is 18.8. The highest BCUT2D eigenvalue weighted by molar-refractivity contribution is 6.24. The molecule has 2 amide bonds. The SMILES string of the molecule is COc1ccc([C@@H]2N[C@](Cc3ccccc3)(C(=O)O)[C@@H]3C(=O)N(c4ccc(F)cc4)C(=O)[C@H]32)cc1. The number of carboxylic acid groups (broad SMARTS) is 1. The van der Waals surface area contributed by atoms with E-state index in [1.54, 1.807) is 48.5 Å². The molecule has 35 heavy (non-hydrogen) atoms. The summed E-state index contributed by atoms with van der Waals surface area (Å²) in [5.74, 6) is -4.36. The van der Waals surface area contributed by atoms with Crippen LogP contribution in [-0.4, -0.2) is 35.5 Å². The minimum atomic E-state index is -1.72. The highest BCUT2D eigenvalue weighted by Gasteiger charge is 2.68. The van der Waals surface area contributed by atoms with Crippen LogP contribution in [0, 0.1) is 17.7 Å². The number of fused-ring (bicyclic) bond motifs is 1. The molecular formula is C27H23FN2O5. The number of hydrogen-bond acceptors (Lipinski definition) is 5. The minimum absolute atomic E-state index is 0.00721. The van der Waals surface area contributed by atoms with Crippen LogP contribution >= 0.6 is 0 Å². The summed E-state index contributed by atoms with van der Waals surface area (Å²) in [6.45, 7) is 0. The lowest BCUT2D eigenvalue weighted by Gasteiger charge is -2.31. The lowest BCUT2D eigenvalue weighted by molar-refractivity contribution is -0.148. The van der Waals surface area contributed by atoms with Gasteiger partial charge in [0.15, 0.2) is 0 Å². The smallest absolute Gasteiger partial charge is 0.325 e. The molecule has 0 spiro atoms. The number of benzene rings is 3. The second kappa shape index (κ2) is 8.63. The standard InChI is InChI=1S/C27H23FN2O5/c1-35-20-13-7-17(8-14-20)23-21-22(25(32)30(24(21)31)19-11-9-18(28)10-12-19)27(29-23,26(33)34)15-16-5-3-2-4-6-16/h2-14,21-23,29H,15H2,1H3,(H,33,34)/t21-,22+,23+,27+/m1/s1. The summed E-state index contributed by atoms with van der Waals surface area (Å²) in [7, 11) is 1.54. The molecular weight excluding hydrogens is 451 g/mol. The van der Waals surface area contributed by atoms with Crippen molar-refractivity contribution in [2.75, 3.05) is 12.0 Å². The summed E-state index contributed by atoms with van der Waals surface area (Å²) in [5.41, 5.74) is -0.127.